The molecular weight excluding hydrogens is 446 g/mol. The SMILES string of the molecule is Cc1ccc(Sc2ccc(NC(=O)C3=NN(C4CCS(=O)(=O)C4)C(=O)CC3)cc2)c(C)c1. The van der Waals surface area contributed by atoms with Gasteiger partial charge in [-0.25, -0.2) is 13.4 Å². The smallest absolute Gasteiger partial charge is 0.271 e. The Bertz CT molecular complexity index is 1190. The third-order valence-electron chi connectivity index (χ3n) is 5.55. The first kappa shape index (κ1) is 22.5. The van der Waals surface area contributed by atoms with Crippen molar-refractivity contribution in [3.63, 3.8) is 0 Å². The quantitative estimate of drug-likeness (QED) is 0.719. The second-order valence-electron chi connectivity index (χ2n) is 8.19. The first-order valence-corrected chi connectivity index (χ1v) is 13.1. The molecule has 2 aliphatic heterocycles. The van der Waals surface area contributed by atoms with Crippen LogP contribution in [0.3, 0.4) is 0 Å². The van der Waals surface area contributed by atoms with Crippen molar-refractivity contribution in [1.29, 1.82) is 0 Å². The van der Waals surface area contributed by atoms with E-state index in [2.05, 4.69) is 42.5 Å². The van der Waals surface area contributed by atoms with Gasteiger partial charge in [0.1, 0.15) is 5.71 Å². The zero-order chi connectivity index (χ0) is 22.9. The molecule has 1 saturated heterocycles. The molecule has 2 amide bonds. The molecule has 4 rings (SSSR count). The summed E-state index contributed by atoms with van der Waals surface area (Å²) in [6, 6.07) is 13.4. The van der Waals surface area contributed by atoms with E-state index in [1.165, 1.54) is 21.0 Å². The topological polar surface area (TPSA) is 95.9 Å². The lowest BCUT2D eigenvalue weighted by molar-refractivity contribution is -0.133. The minimum absolute atomic E-state index is 0.0466. The molecule has 32 heavy (non-hydrogen) atoms. The van der Waals surface area contributed by atoms with Gasteiger partial charge in [0.15, 0.2) is 9.84 Å². The monoisotopic (exact) mass is 471 g/mol. The highest BCUT2D eigenvalue weighted by atomic mass is 32.2. The maximum Gasteiger partial charge on any atom is 0.271 e. The minimum atomic E-state index is -3.15. The molecule has 168 valence electrons. The Hall–Kier alpha value is -2.65. The summed E-state index contributed by atoms with van der Waals surface area (Å²) >= 11 is 1.66. The number of hydrogen-bond donors (Lipinski definition) is 1. The van der Waals surface area contributed by atoms with E-state index in [4.69, 9.17) is 0 Å². The van der Waals surface area contributed by atoms with Crippen molar-refractivity contribution < 1.29 is 18.0 Å². The Labute approximate surface area is 192 Å². The van der Waals surface area contributed by atoms with Crippen molar-refractivity contribution in [2.24, 2.45) is 5.10 Å². The molecule has 0 saturated carbocycles. The molecule has 1 atom stereocenters. The van der Waals surface area contributed by atoms with Crippen LogP contribution in [0.5, 0.6) is 0 Å². The molecular formula is C23H25N3O4S2. The number of sulfone groups is 1. The molecule has 1 unspecified atom stereocenters. The Kier molecular flexibility index (Phi) is 6.39. The van der Waals surface area contributed by atoms with Crippen LogP contribution in [0.2, 0.25) is 0 Å². The number of nitrogens with one attached hydrogen (secondary N) is 1. The number of nitrogens with zero attached hydrogens (tertiary/aromatic N) is 2. The summed E-state index contributed by atoms with van der Waals surface area (Å²) in [4.78, 5) is 27.2. The van der Waals surface area contributed by atoms with E-state index >= 15 is 0 Å². The molecule has 2 aliphatic rings. The fourth-order valence-electron chi connectivity index (χ4n) is 3.84. The molecule has 9 heteroatoms. The van der Waals surface area contributed by atoms with Gasteiger partial charge in [0, 0.05) is 28.3 Å². The van der Waals surface area contributed by atoms with Crippen LogP contribution >= 0.6 is 11.8 Å². The summed E-state index contributed by atoms with van der Waals surface area (Å²) in [5.74, 6) is -0.670. The molecule has 0 radical (unpaired) electrons. The maximum absolute atomic E-state index is 12.7. The van der Waals surface area contributed by atoms with Gasteiger partial charge in [-0.1, -0.05) is 29.5 Å². The zero-order valence-electron chi connectivity index (χ0n) is 18.0. The van der Waals surface area contributed by atoms with E-state index in [1.54, 1.807) is 11.8 Å². The molecule has 0 aromatic heterocycles. The summed E-state index contributed by atoms with van der Waals surface area (Å²) < 4.78 is 23.5. The van der Waals surface area contributed by atoms with Gasteiger partial charge in [-0.05, 0) is 56.2 Å². The largest absolute Gasteiger partial charge is 0.321 e. The number of aryl methyl sites for hydroxylation is 2. The zero-order valence-corrected chi connectivity index (χ0v) is 19.6. The van der Waals surface area contributed by atoms with E-state index in [0.717, 1.165) is 4.90 Å². The normalized spacial score (nSPS) is 20.2. The van der Waals surface area contributed by atoms with E-state index < -0.39 is 15.9 Å². The van der Waals surface area contributed by atoms with Crippen molar-refractivity contribution in [2.45, 2.75) is 48.9 Å². The summed E-state index contributed by atoms with van der Waals surface area (Å²) in [5.41, 5.74) is 3.32. The highest BCUT2D eigenvalue weighted by Gasteiger charge is 2.37. The average molecular weight is 472 g/mol. The van der Waals surface area contributed by atoms with E-state index in [-0.39, 0.29) is 41.9 Å². The van der Waals surface area contributed by atoms with Crippen LogP contribution in [-0.4, -0.2) is 48.5 Å². The Morgan fingerprint density at radius 1 is 1.12 bits per heavy atom. The lowest BCUT2D eigenvalue weighted by Crippen LogP contribution is -2.42. The second-order valence-corrected chi connectivity index (χ2v) is 11.5. The number of carbonyl (C=O) groups is 2. The van der Waals surface area contributed by atoms with Gasteiger partial charge in [0.2, 0.25) is 5.91 Å². The number of hydrogen-bond acceptors (Lipinski definition) is 6. The average Bonchev–Trinajstić information content (AvgIpc) is 3.11. The Morgan fingerprint density at radius 3 is 2.53 bits per heavy atom. The number of benzene rings is 2. The molecule has 2 heterocycles. The van der Waals surface area contributed by atoms with E-state index in [0.29, 0.717) is 12.1 Å². The third kappa shape index (κ3) is 5.21. The van der Waals surface area contributed by atoms with Gasteiger partial charge in [0.05, 0.1) is 17.5 Å². The molecule has 0 aliphatic carbocycles. The fraction of sp³-hybridized carbons (Fsp3) is 0.348. The number of anilines is 1. The third-order valence-corrected chi connectivity index (χ3v) is 8.48. The first-order chi connectivity index (χ1) is 15.2. The summed E-state index contributed by atoms with van der Waals surface area (Å²) in [7, 11) is -3.15. The van der Waals surface area contributed by atoms with Crippen molar-refractivity contribution in [2.75, 3.05) is 16.8 Å². The number of amides is 2. The molecule has 7 nitrogen and oxygen atoms in total. The number of rotatable bonds is 5. The summed E-state index contributed by atoms with van der Waals surface area (Å²) in [6.07, 6.45) is 0.738. The van der Waals surface area contributed by atoms with Gasteiger partial charge in [-0.2, -0.15) is 5.10 Å². The van der Waals surface area contributed by atoms with Crippen LogP contribution in [0.25, 0.3) is 0 Å². The molecule has 1 fully saturated rings. The summed E-state index contributed by atoms with van der Waals surface area (Å²) in [6.45, 7) is 4.16. The predicted octanol–water partition coefficient (Wildman–Crippen LogP) is 3.56. The van der Waals surface area contributed by atoms with Crippen LogP contribution in [0, 0.1) is 13.8 Å². The van der Waals surface area contributed by atoms with Crippen molar-refractivity contribution in [1.82, 2.24) is 5.01 Å². The number of hydrazone groups is 1. The Morgan fingerprint density at radius 2 is 1.88 bits per heavy atom. The minimum Gasteiger partial charge on any atom is -0.321 e. The highest BCUT2D eigenvalue weighted by molar-refractivity contribution is 7.99. The van der Waals surface area contributed by atoms with Gasteiger partial charge in [0.25, 0.3) is 5.91 Å². The predicted molar refractivity (Wildman–Crippen MR) is 126 cm³/mol. The molecule has 2 aromatic carbocycles. The standard InChI is InChI=1S/C23H25N3O4S2/c1-15-3-9-21(16(2)13-15)31-19-6-4-17(5-7-19)24-23(28)20-8-10-22(27)26(25-20)18-11-12-32(29,30)14-18/h3-7,9,13,18H,8,10-12,14H2,1-2H3,(H,24,28). The fourth-order valence-corrected chi connectivity index (χ4v) is 6.41. The number of carbonyl (C=O) groups excluding carboxylic acids is 2. The van der Waals surface area contributed by atoms with Crippen molar-refractivity contribution in [3.8, 4) is 0 Å². The van der Waals surface area contributed by atoms with Crippen LogP contribution in [-0.2, 0) is 19.4 Å². The molecule has 0 spiro atoms. The molecule has 0 bridgehead atoms. The van der Waals surface area contributed by atoms with Crippen LogP contribution in [0.15, 0.2) is 57.4 Å². The van der Waals surface area contributed by atoms with Gasteiger partial charge in [-0.3, -0.25) is 9.59 Å². The highest BCUT2D eigenvalue weighted by Crippen LogP contribution is 2.31. The van der Waals surface area contributed by atoms with Crippen molar-refractivity contribution >= 4 is 44.8 Å². The van der Waals surface area contributed by atoms with Crippen molar-refractivity contribution in [3.05, 3.63) is 53.6 Å². The lowest BCUT2D eigenvalue weighted by Gasteiger charge is -2.27. The Balaban J connectivity index is 1.42. The first-order valence-electron chi connectivity index (χ1n) is 10.5. The molecule has 2 aromatic rings. The van der Waals surface area contributed by atoms with Gasteiger partial charge >= 0.3 is 0 Å². The summed E-state index contributed by atoms with van der Waals surface area (Å²) in [5, 5.41) is 8.25. The second kappa shape index (κ2) is 9.07. The van der Waals surface area contributed by atoms with E-state index in [1.807, 2.05) is 24.3 Å². The lowest BCUT2D eigenvalue weighted by atomic mass is 10.1. The maximum atomic E-state index is 12.7. The van der Waals surface area contributed by atoms with Crippen LogP contribution in [0.4, 0.5) is 5.69 Å². The van der Waals surface area contributed by atoms with E-state index in [9.17, 15) is 18.0 Å². The molecule has 1 N–H and O–H groups in total. The van der Waals surface area contributed by atoms with Crippen LogP contribution in [0.1, 0.15) is 30.4 Å². The van der Waals surface area contributed by atoms with Gasteiger partial charge < -0.3 is 5.32 Å². The van der Waals surface area contributed by atoms with Crippen LogP contribution < -0.4 is 5.32 Å². The van der Waals surface area contributed by atoms with Gasteiger partial charge in [-0.15, -0.1) is 0 Å².